The summed E-state index contributed by atoms with van der Waals surface area (Å²) in [5.74, 6) is 0.632. The van der Waals surface area contributed by atoms with Crippen LogP contribution in [0.25, 0.3) is 6.08 Å². The fraction of sp³-hybridized carbons (Fsp3) is 0.211. The zero-order chi connectivity index (χ0) is 18.6. The van der Waals surface area contributed by atoms with Gasteiger partial charge in [-0.25, -0.2) is 0 Å². The smallest absolute Gasteiger partial charge is 0.416 e. The molecule has 2 rings (SSSR count). The number of rotatable bonds is 5. The molecule has 0 aliphatic rings. The van der Waals surface area contributed by atoms with Gasteiger partial charge in [-0.1, -0.05) is 18.2 Å². The van der Waals surface area contributed by atoms with Gasteiger partial charge in [0.25, 0.3) is 0 Å². The van der Waals surface area contributed by atoms with Gasteiger partial charge in [0.15, 0.2) is 17.3 Å². The van der Waals surface area contributed by atoms with Gasteiger partial charge >= 0.3 is 6.18 Å². The summed E-state index contributed by atoms with van der Waals surface area (Å²) in [6.07, 6.45) is -1.60. The highest BCUT2D eigenvalue weighted by molar-refractivity contribution is 6.07. The molecule has 0 aliphatic heterocycles. The molecular formula is C19H17F3O3. The Bertz CT molecular complexity index is 808. The Hall–Kier alpha value is -2.76. The Morgan fingerprint density at radius 1 is 1.00 bits per heavy atom. The lowest BCUT2D eigenvalue weighted by atomic mass is 10.0. The molecule has 3 nitrogen and oxygen atoms in total. The van der Waals surface area contributed by atoms with Crippen molar-refractivity contribution < 1.29 is 27.4 Å². The van der Waals surface area contributed by atoms with Crippen LogP contribution in [0, 0.1) is 6.92 Å². The van der Waals surface area contributed by atoms with Crippen LogP contribution in [0.5, 0.6) is 11.5 Å². The molecule has 0 aliphatic carbocycles. The quantitative estimate of drug-likeness (QED) is 0.567. The zero-order valence-corrected chi connectivity index (χ0v) is 14.0. The number of carbonyl (C=O) groups is 1. The van der Waals surface area contributed by atoms with Crippen molar-refractivity contribution in [3.8, 4) is 11.5 Å². The number of aryl methyl sites for hydroxylation is 1. The number of hydrogen-bond acceptors (Lipinski definition) is 3. The van der Waals surface area contributed by atoms with Crippen molar-refractivity contribution in [2.75, 3.05) is 14.2 Å². The first kappa shape index (κ1) is 18.6. The fourth-order valence-corrected chi connectivity index (χ4v) is 2.37. The summed E-state index contributed by atoms with van der Waals surface area (Å²) in [7, 11) is 2.96. The summed E-state index contributed by atoms with van der Waals surface area (Å²) in [6.45, 7) is 1.39. The predicted molar refractivity (Wildman–Crippen MR) is 89.1 cm³/mol. The van der Waals surface area contributed by atoms with Crippen molar-refractivity contribution in [1.82, 2.24) is 0 Å². The molecule has 0 atom stereocenters. The molecule has 25 heavy (non-hydrogen) atoms. The molecule has 0 N–H and O–H groups in total. The lowest BCUT2D eigenvalue weighted by molar-refractivity contribution is -0.138. The van der Waals surface area contributed by atoms with Crippen molar-refractivity contribution in [3.05, 3.63) is 64.7 Å². The van der Waals surface area contributed by atoms with E-state index in [2.05, 4.69) is 0 Å². The third-order valence-corrected chi connectivity index (χ3v) is 3.65. The van der Waals surface area contributed by atoms with Crippen molar-refractivity contribution in [1.29, 1.82) is 0 Å². The van der Waals surface area contributed by atoms with Crippen LogP contribution < -0.4 is 9.47 Å². The number of ketones is 1. The number of halogens is 3. The minimum atomic E-state index is -4.39. The van der Waals surface area contributed by atoms with Gasteiger partial charge in [-0.05, 0) is 48.4 Å². The summed E-state index contributed by atoms with van der Waals surface area (Å²) >= 11 is 0. The number of ether oxygens (including phenoxy) is 2. The Balaban J connectivity index is 2.22. The Labute approximate surface area is 143 Å². The molecule has 0 spiro atoms. The average Bonchev–Trinajstić information content (AvgIpc) is 2.57. The minimum absolute atomic E-state index is 0.105. The molecule has 0 amide bonds. The van der Waals surface area contributed by atoms with Gasteiger partial charge in [-0.2, -0.15) is 13.2 Å². The second kappa shape index (κ2) is 7.42. The monoisotopic (exact) mass is 350 g/mol. The largest absolute Gasteiger partial charge is 0.493 e. The fourth-order valence-electron chi connectivity index (χ4n) is 2.37. The highest BCUT2D eigenvalue weighted by atomic mass is 19.4. The van der Waals surface area contributed by atoms with E-state index in [9.17, 15) is 18.0 Å². The molecular weight excluding hydrogens is 333 g/mol. The van der Waals surface area contributed by atoms with Gasteiger partial charge in [0.1, 0.15) is 0 Å². The van der Waals surface area contributed by atoms with Crippen molar-refractivity contribution >= 4 is 11.9 Å². The second-order valence-electron chi connectivity index (χ2n) is 5.34. The summed E-state index contributed by atoms with van der Waals surface area (Å²) in [5.41, 5.74) is 0.320. The molecule has 0 heterocycles. The van der Waals surface area contributed by atoms with Gasteiger partial charge < -0.3 is 9.47 Å². The molecule has 0 bridgehead atoms. The SMILES string of the molecule is COc1ccc(C(=O)/C=C/c2ccc(C(F)(F)F)c(C)c2)cc1OC. The standard InChI is InChI=1S/C19H17F3O3/c1-12-10-13(4-7-15(12)19(20,21)22)5-8-16(23)14-6-9-17(24-2)18(11-14)25-3/h4-11H,1-3H3/b8-5+. The maximum absolute atomic E-state index is 12.8. The first-order valence-corrected chi connectivity index (χ1v) is 7.38. The third-order valence-electron chi connectivity index (χ3n) is 3.65. The molecule has 0 saturated carbocycles. The molecule has 6 heteroatoms. The lowest BCUT2D eigenvalue weighted by Gasteiger charge is -2.10. The highest BCUT2D eigenvalue weighted by Gasteiger charge is 2.31. The summed E-state index contributed by atoms with van der Waals surface area (Å²) < 4.78 is 48.5. The highest BCUT2D eigenvalue weighted by Crippen LogP contribution is 2.32. The molecule has 0 unspecified atom stereocenters. The van der Waals surface area contributed by atoms with Gasteiger partial charge in [0, 0.05) is 5.56 Å². The third kappa shape index (κ3) is 4.41. The Morgan fingerprint density at radius 3 is 2.24 bits per heavy atom. The first-order chi connectivity index (χ1) is 11.8. The number of benzene rings is 2. The molecule has 0 saturated heterocycles. The van der Waals surface area contributed by atoms with Crippen LogP contribution in [0.3, 0.4) is 0 Å². The lowest BCUT2D eigenvalue weighted by Crippen LogP contribution is -2.07. The molecule has 0 fully saturated rings. The molecule has 2 aromatic carbocycles. The van der Waals surface area contributed by atoms with Crippen LogP contribution in [-0.2, 0) is 6.18 Å². The van der Waals surface area contributed by atoms with E-state index in [0.29, 0.717) is 22.6 Å². The van der Waals surface area contributed by atoms with Gasteiger partial charge in [-0.3, -0.25) is 4.79 Å². The summed E-state index contributed by atoms with van der Waals surface area (Å²) in [6, 6.07) is 8.48. The molecule has 0 radical (unpaired) electrons. The van der Waals surface area contributed by atoms with E-state index < -0.39 is 11.7 Å². The number of allylic oxidation sites excluding steroid dienone is 1. The molecule has 0 aromatic heterocycles. The van der Waals surface area contributed by atoms with Crippen molar-refractivity contribution in [3.63, 3.8) is 0 Å². The normalized spacial score (nSPS) is 11.6. The van der Waals surface area contributed by atoms with E-state index in [-0.39, 0.29) is 11.3 Å². The van der Waals surface area contributed by atoms with E-state index in [0.717, 1.165) is 6.07 Å². The second-order valence-corrected chi connectivity index (χ2v) is 5.34. The van der Waals surface area contributed by atoms with E-state index >= 15 is 0 Å². The number of hydrogen-bond donors (Lipinski definition) is 0. The first-order valence-electron chi connectivity index (χ1n) is 7.38. The predicted octanol–water partition coefficient (Wildman–Crippen LogP) is 4.93. The topological polar surface area (TPSA) is 35.5 Å². The molecule has 2 aromatic rings. The van der Waals surface area contributed by atoms with Crippen molar-refractivity contribution in [2.24, 2.45) is 0 Å². The van der Waals surface area contributed by atoms with Crippen LogP contribution in [0.4, 0.5) is 13.2 Å². The Morgan fingerprint density at radius 2 is 1.68 bits per heavy atom. The van der Waals surface area contributed by atoms with Gasteiger partial charge in [-0.15, -0.1) is 0 Å². The van der Waals surface area contributed by atoms with Gasteiger partial charge in [0.2, 0.25) is 0 Å². The van der Waals surface area contributed by atoms with E-state index in [1.807, 2.05) is 0 Å². The number of carbonyl (C=O) groups excluding carboxylic acids is 1. The van der Waals surface area contributed by atoms with Gasteiger partial charge in [0.05, 0.1) is 19.8 Å². The van der Waals surface area contributed by atoms with Crippen LogP contribution in [0.15, 0.2) is 42.5 Å². The average molecular weight is 350 g/mol. The minimum Gasteiger partial charge on any atom is -0.493 e. The van der Waals surface area contributed by atoms with E-state index in [1.165, 1.54) is 45.4 Å². The van der Waals surface area contributed by atoms with Crippen LogP contribution >= 0.6 is 0 Å². The summed E-state index contributed by atoms with van der Waals surface area (Å²) in [5, 5.41) is 0. The van der Waals surface area contributed by atoms with E-state index in [1.54, 1.807) is 18.2 Å². The maximum atomic E-state index is 12.8. The number of alkyl halides is 3. The zero-order valence-electron chi connectivity index (χ0n) is 14.0. The van der Waals surface area contributed by atoms with Crippen LogP contribution in [-0.4, -0.2) is 20.0 Å². The van der Waals surface area contributed by atoms with Crippen LogP contribution in [0.1, 0.15) is 27.0 Å². The number of methoxy groups -OCH3 is 2. The summed E-state index contributed by atoms with van der Waals surface area (Å²) in [4.78, 5) is 12.2. The van der Waals surface area contributed by atoms with E-state index in [4.69, 9.17) is 9.47 Å². The maximum Gasteiger partial charge on any atom is 0.416 e. The van der Waals surface area contributed by atoms with Crippen molar-refractivity contribution in [2.45, 2.75) is 13.1 Å². The van der Waals surface area contributed by atoms with Crippen LogP contribution in [0.2, 0.25) is 0 Å². The Kier molecular flexibility index (Phi) is 5.51. The molecule has 132 valence electrons.